The molecule has 1 aromatic heterocycles. The fourth-order valence-corrected chi connectivity index (χ4v) is 3.87. The summed E-state index contributed by atoms with van der Waals surface area (Å²) in [5, 5.41) is 5.91. The van der Waals surface area contributed by atoms with Crippen molar-refractivity contribution in [3.8, 4) is 0 Å². The first-order valence-electron chi connectivity index (χ1n) is 7.72. The summed E-state index contributed by atoms with van der Waals surface area (Å²) in [5.74, 6) is -0.737. The summed E-state index contributed by atoms with van der Waals surface area (Å²) in [6.45, 7) is 3.81. The van der Waals surface area contributed by atoms with Crippen molar-refractivity contribution in [3.63, 3.8) is 0 Å². The van der Waals surface area contributed by atoms with Crippen molar-refractivity contribution in [3.05, 3.63) is 53.9 Å². The number of fused-ring (bicyclic) bond motifs is 1. The van der Waals surface area contributed by atoms with E-state index in [0.29, 0.717) is 12.2 Å². The molecule has 130 valence electrons. The molecule has 3 aromatic rings. The lowest BCUT2D eigenvalue weighted by atomic mass is 10.1. The quantitative estimate of drug-likeness (QED) is 0.729. The van der Waals surface area contributed by atoms with E-state index in [1.165, 1.54) is 10.7 Å². The molecule has 0 fully saturated rings. The largest absolute Gasteiger partial charge is 0.364 e. The first kappa shape index (κ1) is 17.0. The van der Waals surface area contributed by atoms with Crippen molar-refractivity contribution in [2.75, 3.05) is 4.72 Å². The van der Waals surface area contributed by atoms with Gasteiger partial charge in [0.05, 0.1) is 10.6 Å². The summed E-state index contributed by atoms with van der Waals surface area (Å²) in [4.78, 5) is 11.8. The van der Waals surface area contributed by atoms with Gasteiger partial charge in [0.2, 0.25) is 0 Å². The fourth-order valence-electron chi connectivity index (χ4n) is 2.71. The van der Waals surface area contributed by atoms with Gasteiger partial charge in [-0.2, -0.15) is 5.10 Å². The lowest BCUT2D eigenvalue weighted by Crippen LogP contribution is -2.21. The summed E-state index contributed by atoms with van der Waals surface area (Å²) in [7, 11) is -3.89. The van der Waals surface area contributed by atoms with Crippen LogP contribution in [0.5, 0.6) is 0 Å². The van der Waals surface area contributed by atoms with Gasteiger partial charge in [-0.1, -0.05) is 30.3 Å². The highest BCUT2D eigenvalue weighted by Gasteiger charge is 2.24. The van der Waals surface area contributed by atoms with Crippen LogP contribution in [0.1, 0.15) is 23.1 Å². The van der Waals surface area contributed by atoms with Gasteiger partial charge in [0.1, 0.15) is 11.4 Å². The second-order valence-electron chi connectivity index (χ2n) is 5.60. The molecule has 25 heavy (non-hydrogen) atoms. The average molecular weight is 358 g/mol. The van der Waals surface area contributed by atoms with Gasteiger partial charge in [-0.05, 0) is 36.8 Å². The predicted octanol–water partition coefficient (Wildman–Crippen LogP) is 2.26. The van der Waals surface area contributed by atoms with E-state index in [1.54, 1.807) is 26.0 Å². The molecule has 1 heterocycles. The Kier molecular flexibility index (Phi) is 4.22. The molecule has 0 saturated heterocycles. The Labute approximate surface area is 145 Å². The second kappa shape index (κ2) is 6.21. The number of amides is 1. The number of hydrogen-bond acceptors (Lipinski definition) is 4. The first-order chi connectivity index (χ1) is 11.8. The predicted molar refractivity (Wildman–Crippen MR) is 95.9 cm³/mol. The third kappa shape index (κ3) is 3.08. The molecule has 0 aliphatic rings. The molecule has 0 aliphatic heterocycles. The van der Waals surface area contributed by atoms with Crippen LogP contribution in [0.15, 0.2) is 47.4 Å². The van der Waals surface area contributed by atoms with E-state index >= 15 is 0 Å². The van der Waals surface area contributed by atoms with Gasteiger partial charge in [0.25, 0.3) is 15.9 Å². The van der Waals surface area contributed by atoms with Gasteiger partial charge in [-0.25, -0.2) is 8.42 Å². The van der Waals surface area contributed by atoms with Gasteiger partial charge in [0.15, 0.2) is 0 Å². The molecule has 3 rings (SSSR count). The van der Waals surface area contributed by atoms with E-state index in [-0.39, 0.29) is 16.3 Å². The van der Waals surface area contributed by atoms with Crippen LogP contribution in [-0.2, 0) is 16.6 Å². The number of nitrogens with zero attached hydrogens (tertiary/aromatic N) is 2. The Morgan fingerprint density at radius 2 is 1.88 bits per heavy atom. The summed E-state index contributed by atoms with van der Waals surface area (Å²) in [6, 6.07) is 12.3. The second-order valence-corrected chi connectivity index (χ2v) is 7.29. The van der Waals surface area contributed by atoms with E-state index in [0.717, 1.165) is 10.8 Å². The Hall–Kier alpha value is -2.87. The van der Waals surface area contributed by atoms with Crippen LogP contribution in [0.2, 0.25) is 0 Å². The molecule has 8 heteroatoms. The Morgan fingerprint density at radius 3 is 2.52 bits per heavy atom. The molecule has 0 aliphatic carbocycles. The minimum atomic E-state index is -3.89. The Balaban J connectivity index is 2.07. The molecular weight excluding hydrogens is 340 g/mol. The van der Waals surface area contributed by atoms with Gasteiger partial charge >= 0.3 is 0 Å². The summed E-state index contributed by atoms with van der Waals surface area (Å²) in [6.07, 6.45) is 0. The number of aromatic nitrogens is 2. The van der Waals surface area contributed by atoms with E-state index < -0.39 is 15.9 Å². The smallest absolute Gasteiger partial charge is 0.269 e. The number of hydrogen-bond donors (Lipinski definition) is 2. The highest BCUT2D eigenvalue weighted by atomic mass is 32.2. The van der Waals surface area contributed by atoms with E-state index in [1.807, 2.05) is 24.3 Å². The summed E-state index contributed by atoms with van der Waals surface area (Å²) >= 11 is 0. The molecule has 0 unspecified atom stereocenters. The number of primary amides is 1. The molecule has 0 saturated carbocycles. The van der Waals surface area contributed by atoms with Crippen LogP contribution in [-0.4, -0.2) is 24.1 Å². The Bertz CT molecular complexity index is 1070. The number of carbonyl (C=O) groups excluding carboxylic acids is 1. The lowest BCUT2D eigenvalue weighted by molar-refractivity contribution is 0.0991. The maximum Gasteiger partial charge on any atom is 0.269 e. The molecule has 0 atom stereocenters. The summed E-state index contributed by atoms with van der Waals surface area (Å²) in [5.41, 5.74) is 5.95. The highest BCUT2D eigenvalue weighted by Crippen LogP contribution is 2.25. The maximum absolute atomic E-state index is 12.8. The third-order valence-electron chi connectivity index (χ3n) is 3.93. The zero-order valence-corrected chi connectivity index (χ0v) is 14.7. The number of carbonyl (C=O) groups is 1. The van der Waals surface area contributed by atoms with E-state index in [9.17, 15) is 13.2 Å². The van der Waals surface area contributed by atoms with Gasteiger partial charge < -0.3 is 5.73 Å². The normalized spacial score (nSPS) is 11.6. The van der Waals surface area contributed by atoms with Crippen molar-refractivity contribution < 1.29 is 13.2 Å². The molecule has 3 N–H and O–H groups in total. The van der Waals surface area contributed by atoms with Crippen LogP contribution in [0, 0.1) is 6.92 Å². The number of anilines is 1. The molecule has 0 bridgehead atoms. The number of benzene rings is 2. The molecule has 1 amide bonds. The number of rotatable bonds is 5. The highest BCUT2D eigenvalue weighted by molar-refractivity contribution is 7.92. The average Bonchev–Trinajstić information content (AvgIpc) is 2.90. The molecule has 0 spiro atoms. The van der Waals surface area contributed by atoms with Gasteiger partial charge in [-0.3, -0.25) is 14.2 Å². The summed E-state index contributed by atoms with van der Waals surface area (Å²) < 4.78 is 29.4. The maximum atomic E-state index is 12.8. The molecule has 7 nitrogen and oxygen atoms in total. The number of nitrogens with two attached hydrogens (primary N) is 1. The SMILES string of the molecule is CCn1nc(C)c(NS(=O)(=O)c2ccc3ccccc3c2)c1C(N)=O. The number of nitrogens with one attached hydrogen (secondary N) is 1. The van der Waals surface area contributed by atoms with Crippen molar-refractivity contribution in [1.82, 2.24) is 9.78 Å². The van der Waals surface area contributed by atoms with Crippen molar-refractivity contribution in [2.24, 2.45) is 5.73 Å². The van der Waals surface area contributed by atoms with Crippen LogP contribution >= 0.6 is 0 Å². The van der Waals surface area contributed by atoms with Crippen LogP contribution < -0.4 is 10.5 Å². The third-order valence-corrected chi connectivity index (χ3v) is 5.28. The van der Waals surface area contributed by atoms with Crippen LogP contribution in [0.4, 0.5) is 5.69 Å². The van der Waals surface area contributed by atoms with E-state index in [2.05, 4.69) is 9.82 Å². The van der Waals surface area contributed by atoms with Crippen molar-refractivity contribution in [2.45, 2.75) is 25.3 Å². The monoisotopic (exact) mass is 358 g/mol. The number of aryl methyl sites for hydroxylation is 2. The standard InChI is InChI=1S/C17H18N4O3S/c1-3-21-16(17(18)22)15(11(2)19-21)20-25(23,24)14-9-8-12-6-4-5-7-13(12)10-14/h4-10,20H,3H2,1-2H3,(H2,18,22). The molecule has 0 radical (unpaired) electrons. The zero-order valence-electron chi connectivity index (χ0n) is 13.9. The lowest BCUT2D eigenvalue weighted by Gasteiger charge is -2.10. The molecule has 2 aromatic carbocycles. The molecular formula is C17H18N4O3S. The fraction of sp³-hybridized carbons (Fsp3) is 0.176. The van der Waals surface area contributed by atoms with E-state index in [4.69, 9.17) is 5.73 Å². The van der Waals surface area contributed by atoms with Gasteiger partial charge in [-0.15, -0.1) is 0 Å². The first-order valence-corrected chi connectivity index (χ1v) is 9.20. The zero-order chi connectivity index (χ0) is 18.2. The Morgan fingerprint density at radius 1 is 1.20 bits per heavy atom. The van der Waals surface area contributed by atoms with Gasteiger partial charge in [0, 0.05) is 6.54 Å². The van der Waals surface area contributed by atoms with Crippen LogP contribution in [0.3, 0.4) is 0 Å². The topological polar surface area (TPSA) is 107 Å². The van der Waals surface area contributed by atoms with Crippen molar-refractivity contribution in [1.29, 1.82) is 0 Å². The van der Waals surface area contributed by atoms with Crippen molar-refractivity contribution >= 4 is 32.4 Å². The minimum absolute atomic E-state index is 0.0457. The number of sulfonamides is 1. The minimum Gasteiger partial charge on any atom is -0.364 e. The van der Waals surface area contributed by atoms with Crippen LogP contribution in [0.25, 0.3) is 10.8 Å².